The zero-order valence-electron chi connectivity index (χ0n) is 15.0. The summed E-state index contributed by atoms with van der Waals surface area (Å²) < 4.78 is 10.4. The van der Waals surface area contributed by atoms with Crippen molar-refractivity contribution in [2.75, 3.05) is 43.5 Å². The van der Waals surface area contributed by atoms with Crippen LogP contribution < -0.4 is 15.0 Å². The summed E-state index contributed by atoms with van der Waals surface area (Å²) in [4.78, 5) is 36.2. The van der Waals surface area contributed by atoms with E-state index in [0.717, 1.165) is 0 Å². The van der Waals surface area contributed by atoms with E-state index in [-0.39, 0.29) is 11.7 Å². The Labute approximate surface area is 151 Å². The van der Waals surface area contributed by atoms with E-state index in [1.165, 1.54) is 13.5 Å². The van der Waals surface area contributed by atoms with E-state index in [4.69, 9.17) is 9.15 Å². The molecule has 3 heterocycles. The summed E-state index contributed by atoms with van der Waals surface area (Å²) in [5, 5.41) is 2.82. The lowest BCUT2D eigenvalue weighted by Gasteiger charge is -2.35. The highest BCUT2D eigenvalue weighted by Gasteiger charge is 2.24. The number of aromatic nitrogens is 2. The molecule has 0 unspecified atom stereocenters. The molecule has 26 heavy (non-hydrogen) atoms. The second-order valence-corrected chi connectivity index (χ2v) is 5.94. The molecular formula is C17H21N5O4. The molecule has 1 aliphatic heterocycles. The Bertz CT molecular complexity index is 811. The van der Waals surface area contributed by atoms with E-state index in [1.807, 2.05) is 4.90 Å². The van der Waals surface area contributed by atoms with Crippen molar-refractivity contribution in [1.82, 2.24) is 14.9 Å². The molecule has 1 saturated heterocycles. The largest absolute Gasteiger partial charge is 0.481 e. The minimum atomic E-state index is -0.393. The van der Waals surface area contributed by atoms with Gasteiger partial charge in [-0.05, 0) is 13.0 Å². The summed E-state index contributed by atoms with van der Waals surface area (Å²) in [5.41, 5.74) is 1.06. The van der Waals surface area contributed by atoms with Gasteiger partial charge >= 0.3 is 0 Å². The molecule has 1 N–H and O–H groups in total. The van der Waals surface area contributed by atoms with Gasteiger partial charge in [-0.1, -0.05) is 0 Å². The quantitative estimate of drug-likeness (QED) is 0.878. The number of nitrogens with zero attached hydrogens (tertiary/aromatic N) is 4. The lowest BCUT2D eigenvalue weighted by Crippen LogP contribution is -2.48. The van der Waals surface area contributed by atoms with Gasteiger partial charge in [-0.25, -0.2) is 4.98 Å². The van der Waals surface area contributed by atoms with Crippen LogP contribution in [0.1, 0.15) is 23.2 Å². The normalized spacial score (nSPS) is 14.3. The molecule has 0 spiro atoms. The van der Waals surface area contributed by atoms with Crippen molar-refractivity contribution in [3.05, 3.63) is 30.0 Å². The van der Waals surface area contributed by atoms with Gasteiger partial charge in [-0.3, -0.25) is 9.59 Å². The summed E-state index contributed by atoms with van der Waals surface area (Å²) >= 11 is 0. The van der Waals surface area contributed by atoms with Crippen molar-refractivity contribution < 1.29 is 18.7 Å². The first-order valence-corrected chi connectivity index (χ1v) is 8.26. The average Bonchev–Trinajstić information content (AvgIpc) is 3.08. The number of rotatable bonds is 4. The Hall–Kier alpha value is -3.10. The Kier molecular flexibility index (Phi) is 5.06. The van der Waals surface area contributed by atoms with E-state index < -0.39 is 5.91 Å². The molecule has 0 radical (unpaired) electrons. The third-order valence-electron chi connectivity index (χ3n) is 4.28. The number of hydrogen-bond acceptors (Lipinski definition) is 7. The zero-order chi connectivity index (χ0) is 18.7. The molecular weight excluding hydrogens is 338 g/mol. The smallest absolute Gasteiger partial charge is 0.293 e. The lowest BCUT2D eigenvalue weighted by atomic mass is 10.2. The number of aryl methyl sites for hydroxylation is 1. The lowest BCUT2D eigenvalue weighted by molar-refractivity contribution is -0.129. The van der Waals surface area contributed by atoms with Gasteiger partial charge in [0.2, 0.25) is 17.5 Å². The second kappa shape index (κ2) is 7.42. The van der Waals surface area contributed by atoms with Crippen molar-refractivity contribution in [3.63, 3.8) is 0 Å². The Morgan fingerprint density at radius 2 is 1.96 bits per heavy atom. The van der Waals surface area contributed by atoms with Crippen molar-refractivity contribution in [2.45, 2.75) is 13.8 Å². The van der Waals surface area contributed by atoms with Gasteiger partial charge in [0.25, 0.3) is 5.91 Å². The van der Waals surface area contributed by atoms with Crippen LogP contribution in [-0.2, 0) is 4.79 Å². The molecule has 0 atom stereocenters. The first-order chi connectivity index (χ1) is 12.5. The van der Waals surface area contributed by atoms with Crippen LogP contribution in [0, 0.1) is 6.92 Å². The number of oxazole rings is 1. The molecule has 1 fully saturated rings. The molecule has 3 rings (SSSR count). The summed E-state index contributed by atoms with van der Waals surface area (Å²) in [6.07, 6.45) is 1.23. The molecule has 2 amide bonds. The number of methoxy groups -OCH3 is 1. The topological polar surface area (TPSA) is 101 Å². The minimum Gasteiger partial charge on any atom is -0.481 e. The van der Waals surface area contributed by atoms with Gasteiger partial charge in [0, 0.05) is 39.2 Å². The molecule has 2 aromatic rings. The minimum absolute atomic E-state index is 0.0533. The first-order valence-electron chi connectivity index (χ1n) is 8.26. The van der Waals surface area contributed by atoms with E-state index in [9.17, 15) is 9.59 Å². The number of piperazine rings is 1. The summed E-state index contributed by atoms with van der Waals surface area (Å²) in [5.74, 6) is 0.863. The van der Waals surface area contributed by atoms with E-state index in [0.29, 0.717) is 49.3 Å². The predicted octanol–water partition coefficient (Wildman–Crippen LogP) is 1.31. The zero-order valence-corrected chi connectivity index (χ0v) is 15.0. The molecule has 2 aromatic heterocycles. The molecule has 0 aliphatic carbocycles. The number of ether oxygens (including phenoxy) is 1. The number of carbonyl (C=O) groups is 2. The van der Waals surface area contributed by atoms with Crippen LogP contribution in [0.4, 0.5) is 11.5 Å². The van der Waals surface area contributed by atoms with Gasteiger partial charge in [0.15, 0.2) is 12.2 Å². The number of nitrogens with one attached hydrogen (secondary N) is 1. The number of amides is 2. The van der Waals surface area contributed by atoms with Crippen molar-refractivity contribution in [2.24, 2.45) is 0 Å². The standard InChI is InChI=1S/C17H21N5O4/c1-11-15(26-10-18-11)17(24)19-13-4-5-14(25-3)20-16(13)22-8-6-21(7-9-22)12(2)23/h4-5,10H,6-9H2,1-3H3,(H,19,24). The maximum atomic E-state index is 12.5. The first kappa shape index (κ1) is 17.7. The van der Waals surface area contributed by atoms with Crippen LogP contribution in [0.5, 0.6) is 5.88 Å². The van der Waals surface area contributed by atoms with Crippen LogP contribution in [0.25, 0.3) is 0 Å². The fourth-order valence-corrected chi connectivity index (χ4v) is 2.82. The molecule has 0 aromatic carbocycles. The number of anilines is 2. The van der Waals surface area contributed by atoms with Gasteiger partial charge < -0.3 is 24.3 Å². The van der Waals surface area contributed by atoms with E-state index >= 15 is 0 Å². The van der Waals surface area contributed by atoms with E-state index in [2.05, 4.69) is 15.3 Å². The molecule has 9 nitrogen and oxygen atoms in total. The Morgan fingerprint density at radius 3 is 2.54 bits per heavy atom. The number of carbonyl (C=O) groups excluding carboxylic acids is 2. The SMILES string of the molecule is COc1ccc(NC(=O)c2ocnc2C)c(N2CCN(C(C)=O)CC2)n1. The number of hydrogen-bond donors (Lipinski definition) is 1. The fraction of sp³-hybridized carbons (Fsp3) is 0.412. The molecule has 9 heteroatoms. The number of pyridine rings is 1. The third-order valence-corrected chi connectivity index (χ3v) is 4.28. The molecule has 0 bridgehead atoms. The summed E-state index contributed by atoms with van der Waals surface area (Å²) in [6.45, 7) is 5.69. The van der Waals surface area contributed by atoms with Gasteiger partial charge in [-0.2, -0.15) is 4.98 Å². The summed E-state index contributed by atoms with van der Waals surface area (Å²) in [7, 11) is 1.54. The van der Waals surface area contributed by atoms with Gasteiger partial charge in [0.05, 0.1) is 18.5 Å². The van der Waals surface area contributed by atoms with Crippen molar-refractivity contribution >= 4 is 23.3 Å². The van der Waals surface area contributed by atoms with Crippen LogP contribution in [-0.4, -0.2) is 60.0 Å². The van der Waals surface area contributed by atoms with Gasteiger partial charge in [0.1, 0.15) is 0 Å². The highest BCUT2D eigenvalue weighted by Crippen LogP contribution is 2.28. The van der Waals surface area contributed by atoms with Crippen LogP contribution >= 0.6 is 0 Å². The highest BCUT2D eigenvalue weighted by molar-refractivity contribution is 6.04. The van der Waals surface area contributed by atoms with Gasteiger partial charge in [-0.15, -0.1) is 0 Å². The average molecular weight is 359 g/mol. The fourth-order valence-electron chi connectivity index (χ4n) is 2.82. The second-order valence-electron chi connectivity index (χ2n) is 5.94. The maximum absolute atomic E-state index is 12.5. The Morgan fingerprint density at radius 1 is 1.23 bits per heavy atom. The van der Waals surface area contributed by atoms with Crippen LogP contribution in [0.15, 0.2) is 22.9 Å². The molecule has 138 valence electrons. The van der Waals surface area contributed by atoms with Crippen molar-refractivity contribution in [3.8, 4) is 5.88 Å². The molecule has 1 aliphatic rings. The maximum Gasteiger partial charge on any atom is 0.293 e. The van der Waals surface area contributed by atoms with Crippen LogP contribution in [0.3, 0.4) is 0 Å². The highest BCUT2D eigenvalue weighted by atomic mass is 16.5. The Balaban J connectivity index is 1.83. The van der Waals surface area contributed by atoms with Crippen LogP contribution in [0.2, 0.25) is 0 Å². The van der Waals surface area contributed by atoms with Crippen molar-refractivity contribution in [1.29, 1.82) is 0 Å². The summed E-state index contributed by atoms with van der Waals surface area (Å²) in [6, 6.07) is 3.42. The van der Waals surface area contributed by atoms with E-state index in [1.54, 1.807) is 30.9 Å². The predicted molar refractivity (Wildman–Crippen MR) is 94.4 cm³/mol. The third kappa shape index (κ3) is 3.61. The monoisotopic (exact) mass is 359 g/mol. The molecule has 0 saturated carbocycles.